The Labute approximate surface area is 143 Å². The van der Waals surface area contributed by atoms with E-state index in [1.165, 1.54) is 19.3 Å². The van der Waals surface area contributed by atoms with Crippen LogP contribution in [0.2, 0.25) is 0 Å². The number of likely N-dealkylation sites (tertiary alicyclic amines) is 1. The summed E-state index contributed by atoms with van der Waals surface area (Å²) in [5.41, 5.74) is 6.94. The van der Waals surface area contributed by atoms with Crippen molar-refractivity contribution in [2.45, 2.75) is 44.2 Å². The van der Waals surface area contributed by atoms with E-state index in [0.717, 1.165) is 31.1 Å². The summed E-state index contributed by atoms with van der Waals surface area (Å²) in [7, 11) is 0. The zero-order valence-electron chi connectivity index (χ0n) is 13.3. The zero-order chi connectivity index (χ0) is 15.1. The Bertz CT molecular complexity index is 572. The summed E-state index contributed by atoms with van der Waals surface area (Å²) in [5.74, 6) is 2.05. The van der Waals surface area contributed by atoms with Crippen molar-refractivity contribution in [2.75, 3.05) is 13.1 Å². The van der Waals surface area contributed by atoms with Crippen molar-refractivity contribution >= 4 is 18.3 Å². The van der Waals surface area contributed by atoms with Gasteiger partial charge in [-0.3, -0.25) is 4.79 Å². The molecular formula is C18H25ClN2O2. The lowest BCUT2D eigenvalue weighted by molar-refractivity contribution is 0.0766. The third kappa shape index (κ3) is 3.33. The second kappa shape index (κ2) is 6.70. The zero-order valence-corrected chi connectivity index (χ0v) is 14.1. The summed E-state index contributed by atoms with van der Waals surface area (Å²) in [6, 6.07) is 7.78. The molecule has 23 heavy (non-hydrogen) atoms. The minimum Gasteiger partial charge on any atom is -0.490 e. The molecule has 3 fully saturated rings. The van der Waals surface area contributed by atoms with Gasteiger partial charge >= 0.3 is 0 Å². The largest absolute Gasteiger partial charge is 0.490 e. The fraction of sp³-hybridized carbons (Fsp3) is 0.611. The van der Waals surface area contributed by atoms with Crippen LogP contribution >= 0.6 is 12.4 Å². The maximum Gasteiger partial charge on any atom is 0.257 e. The molecule has 5 heteroatoms. The standard InChI is InChI=1S/C18H24N2O2.ClH/c19-16-11-20(10-15(16)12-8-9-12)18(21)14-6-1-2-7-17(14)22-13-4-3-5-13;/h1-2,6-7,12-13,15-16H,3-5,8-11,19H2;1H/t15-,16+;/m0./s1. The van der Waals surface area contributed by atoms with Crippen LogP contribution in [0.3, 0.4) is 0 Å². The minimum atomic E-state index is 0. The van der Waals surface area contributed by atoms with E-state index in [1.807, 2.05) is 29.2 Å². The lowest BCUT2D eigenvalue weighted by Gasteiger charge is -2.28. The summed E-state index contributed by atoms with van der Waals surface area (Å²) in [6.07, 6.45) is 6.27. The molecule has 0 spiro atoms. The second-order valence-electron chi connectivity index (χ2n) is 7.04. The Hall–Kier alpha value is -1.26. The van der Waals surface area contributed by atoms with Crippen LogP contribution in [0.15, 0.2) is 24.3 Å². The molecule has 1 amide bonds. The van der Waals surface area contributed by atoms with E-state index in [1.54, 1.807) is 0 Å². The van der Waals surface area contributed by atoms with Crippen LogP contribution in [0.1, 0.15) is 42.5 Å². The fourth-order valence-electron chi connectivity index (χ4n) is 3.63. The molecular weight excluding hydrogens is 312 g/mol. The van der Waals surface area contributed by atoms with Crippen LogP contribution in [0.5, 0.6) is 5.75 Å². The molecule has 0 radical (unpaired) electrons. The van der Waals surface area contributed by atoms with Gasteiger partial charge in [0.05, 0.1) is 11.7 Å². The molecule has 1 aliphatic heterocycles. The predicted molar refractivity (Wildman–Crippen MR) is 92.0 cm³/mol. The summed E-state index contributed by atoms with van der Waals surface area (Å²) in [6.45, 7) is 1.49. The van der Waals surface area contributed by atoms with Gasteiger partial charge in [0.2, 0.25) is 0 Å². The van der Waals surface area contributed by atoms with Crippen LogP contribution in [0.4, 0.5) is 0 Å². The Morgan fingerprint density at radius 2 is 1.87 bits per heavy atom. The number of ether oxygens (including phenoxy) is 1. The average Bonchev–Trinajstić information content (AvgIpc) is 3.25. The molecule has 2 aliphatic carbocycles. The predicted octanol–water partition coefficient (Wildman–Crippen LogP) is 2.85. The molecule has 1 heterocycles. The molecule has 4 rings (SSSR count). The number of benzene rings is 1. The third-order valence-corrected chi connectivity index (χ3v) is 5.39. The van der Waals surface area contributed by atoms with Crippen molar-refractivity contribution in [1.29, 1.82) is 0 Å². The second-order valence-corrected chi connectivity index (χ2v) is 7.04. The molecule has 126 valence electrons. The molecule has 3 aliphatic rings. The van der Waals surface area contributed by atoms with E-state index in [2.05, 4.69) is 0 Å². The van der Waals surface area contributed by atoms with Crippen molar-refractivity contribution in [3.63, 3.8) is 0 Å². The monoisotopic (exact) mass is 336 g/mol. The molecule has 2 N–H and O–H groups in total. The number of nitrogens with two attached hydrogens (primary N) is 1. The lowest BCUT2D eigenvalue weighted by Crippen LogP contribution is -2.33. The van der Waals surface area contributed by atoms with Crippen molar-refractivity contribution in [3.05, 3.63) is 29.8 Å². The topological polar surface area (TPSA) is 55.6 Å². The maximum absolute atomic E-state index is 12.9. The molecule has 2 saturated carbocycles. The molecule has 4 nitrogen and oxygen atoms in total. The highest BCUT2D eigenvalue weighted by Gasteiger charge is 2.42. The van der Waals surface area contributed by atoms with E-state index in [-0.39, 0.29) is 30.5 Å². The van der Waals surface area contributed by atoms with Gasteiger partial charge in [0, 0.05) is 19.1 Å². The first kappa shape index (κ1) is 16.6. The number of amides is 1. The van der Waals surface area contributed by atoms with Crippen molar-refractivity contribution < 1.29 is 9.53 Å². The van der Waals surface area contributed by atoms with Crippen LogP contribution in [0.25, 0.3) is 0 Å². The minimum absolute atomic E-state index is 0. The van der Waals surface area contributed by atoms with E-state index >= 15 is 0 Å². The van der Waals surface area contributed by atoms with Gasteiger partial charge in [-0.15, -0.1) is 12.4 Å². The quantitative estimate of drug-likeness (QED) is 0.919. The number of hydrogen-bond acceptors (Lipinski definition) is 3. The molecule has 1 saturated heterocycles. The van der Waals surface area contributed by atoms with Crippen LogP contribution in [0, 0.1) is 11.8 Å². The van der Waals surface area contributed by atoms with Gasteiger partial charge in [-0.1, -0.05) is 12.1 Å². The van der Waals surface area contributed by atoms with E-state index in [9.17, 15) is 4.79 Å². The number of halogens is 1. The van der Waals surface area contributed by atoms with Crippen LogP contribution < -0.4 is 10.5 Å². The average molecular weight is 337 g/mol. The number of hydrogen-bond donors (Lipinski definition) is 1. The number of para-hydroxylation sites is 1. The SMILES string of the molecule is Cl.N[C@@H]1CN(C(=O)c2ccccc2OC2CCC2)C[C@H]1C1CC1. The number of nitrogens with zero attached hydrogens (tertiary/aromatic N) is 1. The Balaban J connectivity index is 0.00000156. The van der Waals surface area contributed by atoms with Crippen LogP contribution in [-0.2, 0) is 0 Å². The normalized spacial score (nSPS) is 27.3. The first-order valence-corrected chi connectivity index (χ1v) is 8.53. The van der Waals surface area contributed by atoms with E-state index in [0.29, 0.717) is 18.0 Å². The molecule has 2 atom stereocenters. The van der Waals surface area contributed by atoms with Gasteiger partial charge in [0.1, 0.15) is 5.75 Å². The van der Waals surface area contributed by atoms with Gasteiger partial charge in [-0.05, 0) is 56.1 Å². The third-order valence-electron chi connectivity index (χ3n) is 5.39. The number of rotatable bonds is 4. The summed E-state index contributed by atoms with van der Waals surface area (Å²) < 4.78 is 6.00. The van der Waals surface area contributed by atoms with Crippen molar-refractivity contribution in [2.24, 2.45) is 17.6 Å². The Kier molecular flexibility index (Phi) is 4.83. The highest BCUT2D eigenvalue weighted by molar-refractivity contribution is 5.97. The van der Waals surface area contributed by atoms with Gasteiger partial charge in [0.25, 0.3) is 5.91 Å². The summed E-state index contributed by atoms with van der Waals surface area (Å²) in [4.78, 5) is 14.8. The number of carbonyl (C=O) groups is 1. The fourth-order valence-corrected chi connectivity index (χ4v) is 3.63. The first-order chi connectivity index (χ1) is 10.7. The molecule has 0 bridgehead atoms. The maximum atomic E-state index is 12.9. The molecule has 0 aromatic heterocycles. The highest BCUT2D eigenvalue weighted by Crippen LogP contribution is 2.41. The van der Waals surface area contributed by atoms with Crippen molar-refractivity contribution in [1.82, 2.24) is 4.90 Å². The molecule has 1 aromatic carbocycles. The van der Waals surface area contributed by atoms with Gasteiger partial charge in [0.15, 0.2) is 0 Å². The lowest BCUT2D eigenvalue weighted by atomic mass is 9.96. The highest BCUT2D eigenvalue weighted by atomic mass is 35.5. The van der Waals surface area contributed by atoms with Crippen molar-refractivity contribution in [3.8, 4) is 5.75 Å². The first-order valence-electron chi connectivity index (χ1n) is 8.53. The van der Waals surface area contributed by atoms with Crippen LogP contribution in [-0.4, -0.2) is 36.0 Å². The van der Waals surface area contributed by atoms with Gasteiger partial charge in [-0.25, -0.2) is 0 Å². The Morgan fingerprint density at radius 1 is 1.13 bits per heavy atom. The van der Waals surface area contributed by atoms with E-state index < -0.39 is 0 Å². The Morgan fingerprint density at radius 3 is 2.52 bits per heavy atom. The smallest absolute Gasteiger partial charge is 0.257 e. The van der Waals surface area contributed by atoms with E-state index in [4.69, 9.17) is 10.5 Å². The summed E-state index contributed by atoms with van der Waals surface area (Å²) >= 11 is 0. The number of carbonyl (C=O) groups excluding carboxylic acids is 1. The summed E-state index contributed by atoms with van der Waals surface area (Å²) in [5, 5.41) is 0. The van der Waals surface area contributed by atoms with Gasteiger partial charge < -0.3 is 15.4 Å². The molecule has 0 unspecified atom stereocenters. The molecule has 1 aromatic rings. The van der Waals surface area contributed by atoms with Gasteiger partial charge in [-0.2, -0.15) is 0 Å².